The van der Waals surface area contributed by atoms with Gasteiger partial charge in [-0.25, -0.2) is 9.97 Å². The number of nitrogens with two attached hydrogens (primary N) is 2. The van der Waals surface area contributed by atoms with E-state index in [4.69, 9.17) is 21.2 Å². The molecule has 1 atom stereocenters. The van der Waals surface area contributed by atoms with Crippen LogP contribution in [0.15, 0.2) is 53.6 Å². The van der Waals surface area contributed by atoms with Gasteiger partial charge in [0.1, 0.15) is 11.7 Å². The number of fused-ring (bicyclic) bond motifs is 3. The number of hydrogen-bond acceptors (Lipinski definition) is 8. The highest BCUT2D eigenvalue weighted by molar-refractivity contribution is 7.98. The van der Waals surface area contributed by atoms with Gasteiger partial charge in [-0.05, 0) is 42.2 Å². The summed E-state index contributed by atoms with van der Waals surface area (Å²) in [5, 5.41) is 0. The van der Waals surface area contributed by atoms with Gasteiger partial charge in [-0.2, -0.15) is 0 Å². The summed E-state index contributed by atoms with van der Waals surface area (Å²) in [6, 6.07) is 13.2. The van der Waals surface area contributed by atoms with Crippen molar-refractivity contribution in [1.82, 2.24) is 9.97 Å². The van der Waals surface area contributed by atoms with E-state index in [0.717, 1.165) is 16.9 Å². The Morgan fingerprint density at radius 3 is 2.72 bits per heavy atom. The summed E-state index contributed by atoms with van der Waals surface area (Å²) in [5.41, 5.74) is 15.4. The molecule has 2 aromatic carbocycles. The van der Waals surface area contributed by atoms with E-state index in [-0.39, 0.29) is 5.91 Å². The van der Waals surface area contributed by atoms with Crippen molar-refractivity contribution < 1.29 is 9.53 Å². The molecule has 1 aromatic heterocycles. The molecule has 0 spiro atoms. The molecule has 1 amide bonds. The summed E-state index contributed by atoms with van der Waals surface area (Å²) in [7, 11) is 0. The third-order valence-corrected chi connectivity index (χ3v) is 6.58. The van der Waals surface area contributed by atoms with Gasteiger partial charge in [-0.3, -0.25) is 4.79 Å². The smallest absolute Gasteiger partial charge is 0.252 e. The van der Waals surface area contributed by atoms with E-state index in [9.17, 15) is 4.79 Å². The number of carbonyl (C=O) groups is 1. The van der Waals surface area contributed by atoms with Gasteiger partial charge >= 0.3 is 0 Å². The third kappa shape index (κ3) is 3.63. The zero-order valence-electron chi connectivity index (χ0n) is 17.7. The minimum atomic E-state index is -0.402. The Morgan fingerprint density at radius 2 is 1.97 bits per heavy atom. The number of nitrogen functional groups attached to an aromatic ring is 2. The number of rotatable bonds is 4. The van der Waals surface area contributed by atoms with Crippen LogP contribution in [0.5, 0.6) is 0 Å². The Kier molecular flexibility index (Phi) is 5.36. The molecule has 0 saturated carbocycles. The SMILES string of the molecule is CSc1ccc(CN2C(=O)C3COCCN3c3nc(-c4ccc(N)c(N)c4)ncc32)cc1. The first-order valence-electron chi connectivity index (χ1n) is 10.4. The van der Waals surface area contributed by atoms with Gasteiger partial charge in [0.25, 0.3) is 5.91 Å². The molecule has 1 unspecified atom stereocenters. The summed E-state index contributed by atoms with van der Waals surface area (Å²) in [6.45, 7) is 1.93. The van der Waals surface area contributed by atoms with Crippen LogP contribution < -0.4 is 21.3 Å². The van der Waals surface area contributed by atoms with Crippen LogP contribution >= 0.6 is 11.8 Å². The number of carbonyl (C=O) groups excluding carboxylic acids is 1. The number of benzene rings is 2. The Balaban J connectivity index is 1.56. The third-order valence-electron chi connectivity index (χ3n) is 5.84. The van der Waals surface area contributed by atoms with Crippen molar-refractivity contribution in [3.63, 3.8) is 0 Å². The minimum Gasteiger partial charge on any atom is -0.397 e. The maximum Gasteiger partial charge on any atom is 0.252 e. The van der Waals surface area contributed by atoms with E-state index in [1.807, 2.05) is 17.2 Å². The van der Waals surface area contributed by atoms with Crippen LogP contribution in [0.25, 0.3) is 11.4 Å². The minimum absolute atomic E-state index is 0.000720. The van der Waals surface area contributed by atoms with Gasteiger partial charge in [-0.15, -0.1) is 11.8 Å². The lowest BCUT2D eigenvalue weighted by Gasteiger charge is -2.44. The lowest BCUT2D eigenvalue weighted by atomic mass is 10.1. The van der Waals surface area contributed by atoms with Crippen LogP contribution in [0.2, 0.25) is 0 Å². The largest absolute Gasteiger partial charge is 0.397 e. The molecule has 9 heteroatoms. The van der Waals surface area contributed by atoms with Crippen LogP contribution in [0.4, 0.5) is 22.9 Å². The highest BCUT2D eigenvalue weighted by Gasteiger charge is 2.41. The number of hydrogen-bond donors (Lipinski definition) is 2. The Hall–Kier alpha value is -3.30. The number of ether oxygens (including phenoxy) is 1. The van der Waals surface area contributed by atoms with Gasteiger partial charge in [0, 0.05) is 17.0 Å². The summed E-state index contributed by atoms with van der Waals surface area (Å²) >= 11 is 1.69. The van der Waals surface area contributed by atoms with Gasteiger partial charge in [0.15, 0.2) is 11.6 Å². The van der Waals surface area contributed by atoms with E-state index in [0.29, 0.717) is 49.2 Å². The molecule has 32 heavy (non-hydrogen) atoms. The van der Waals surface area contributed by atoms with Crippen molar-refractivity contribution in [1.29, 1.82) is 0 Å². The van der Waals surface area contributed by atoms with Crippen molar-refractivity contribution in [2.45, 2.75) is 17.5 Å². The summed E-state index contributed by atoms with van der Waals surface area (Å²) in [5.74, 6) is 1.28. The first-order valence-corrected chi connectivity index (χ1v) is 11.6. The van der Waals surface area contributed by atoms with E-state index in [2.05, 4.69) is 29.2 Å². The molecular formula is C23H24N6O2S. The van der Waals surface area contributed by atoms with Crippen LogP contribution in [0.1, 0.15) is 5.56 Å². The maximum atomic E-state index is 13.4. The second-order valence-corrected chi connectivity index (χ2v) is 8.68. The number of morpholine rings is 1. The summed E-state index contributed by atoms with van der Waals surface area (Å²) in [6.07, 6.45) is 3.77. The van der Waals surface area contributed by atoms with Gasteiger partial charge in [0.05, 0.1) is 37.3 Å². The standard InChI is InChI=1S/C23H24N6O2S/c1-32-16-5-2-14(3-6-16)12-29-19-11-26-21(15-4-7-17(24)18(25)10-15)27-22(19)28-8-9-31-13-20(28)23(29)30/h2-7,10-11,20H,8-9,12-13,24-25H2,1H3. The molecule has 0 aliphatic carbocycles. The molecule has 0 bridgehead atoms. The highest BCUT2D eigenvalue weighted by atomic mass is 32.2. The predicted octanol–water partition coefficient (Wildman–Crippen LogP) is 2.78. The Labute approximate surface area is 190 Å². The molecule has 3 heterocycles. The molecule has 2 aliphatic rings. The molecule has 5 rings (SSSR count). The number of aromatic nitrogens is 2. The fourth-order valence-electron chi connectivity index (χ4n) is 4.06. The molecule has 3 aromatic rings. The molecule has 1 fully saturated rings. The molecule has 4 N–H and O–H groups in total. The van der Waals surface area contributed by atoms with Gasteiger partial charge < -0.3 is 26.0 Å². The van der Waals surface area contributed by atoms with Crippen molar-refractivity contribution in [2.24, 2.45) is 0 Å². The van der Waals surface area contributed by atoms with Crippen molar-refractivity contribution >= 4 is 40.5 Å². The molecule has 2 aliphatic heterocycles. The van der Waals surface area contributed by atoms with Crippen molar-refractivity contribution in [3.8, 4) is 11.4 Å². The molecule has 8 nitrogen and oxygen atoms in total. The number of nitrogens with zero attached hydrogens (tertiary/aromatic N) is 4. The monoisotopic (exact) mass is 448 g/mol. The zero-order valence-corrected chi connectivity index (χ0v) is 18.5. The van der Waals surface area contributed by atoms with E-state index < -0.39 is 6.04 Å². The number of amides is 1. The average Bonchev–Trinajstić information content (AvgIpc) is 2.83. The second kappa shape index (κ2) is 8.33. The first kappa shape index (κ1) is 20.6. The Morgan fingerprint density at radius 1 is 1.16 bits per heavy atom. The fraction of sp³-hybridized carbons (Fsp3) is 0.261. The second-order valence-electron chi connectivity index (χ2n) is 7.80. The molecular weight excluding hydrogens is 424 g/mol. The summed E-state index contributed by atoms with van der Waals surface area (Å²) < 4.78 is 5.63. The van der Waals surface area contributed by atoms with Gasteiger partial charge in [0.2, 0.25) is 0 Å². The number of thioether (sulfide) groups is 1. The Bertz CT molecular complexity index is 1170. The highest BCUT2D eigenvalue weighted by Crippen LogP contribution is 2.37. The predicted molar refractivity (Wildman–Crippen MR) is 128 cm³/mol. The van der Waals surface area contributed by atoms with E-state index >= 15 is 0 Å². The average molecular weight is 449 g/mol. The van der Waals surface area contributed by atoms with E-state index in [1.54, 1.807) is 35.0 Å². The number of anilines is 4. The zero-order chi connectivity index (χ0) is 22.2. The van der Waals surface area contributed by atoms with Crippen LogP contribution in [0.3, 0.4) is 0 Å². The maximum absolute atomic E-state index is 13.4. The van der Waals surface area contributed by atoms with Crippen LogP contribution in [-0.4, -0.2) is 47.9 Å². The topological polar surface area (TPSA) is 111 Å². The molecule has 0 radical (unpaired) electrons. The lowest BCUT2D eigenvalue weighted by molar-refractivity contribution is -0.122. The normalized spacial score (nSPS) is 17.8. The fourth-order valence-corrected chi connectivity index (χ4v) is 4.47. The molecule has 1 saturated heterocycles. The van der Waals surface area contributed by atoms with E-state index in [1.165, 1.54) is 4.90 Å². The van der Waals surface area contributed by atoms with Crippen LogP contribution in [0, 0.1) is 0 Å². The quantitative estimate of drug-likeness (QED) is 0.463. The van der Waals surface area contributed by atoms with Crippen molar-refractivity contribution in [2.75, 3.05) is 47.3 Å². The van der Waals surface area contributed by atoms with Crippen LogP contribution in [-0.2, 0) is 16.1 Å². The first-order chi connectivity index (χ1) is 15.5. The summed E-state index contributed by atoms with van der Waals surface area (Å²) in [4.78, 5) is 27.8. The molecule has 164 valence electrons. The van der Waals surface area contributed by atoms with Gasteiger partial charge in [-0.1, -0.05) is 12.1 Å². The van der Waals surface area contributed by atoms with Crippen molar-refractivity contribution in [3.05, 3.63) is 54.2 Å². The lowest BCUT2D eigenvalue weighted by Crippen LogP contribution is -2.58.